The van der Waals surface area contributed by atoms with Crippen LogP contribution in [0.5, 0.6) is 0 Å². The van der Waals surface area contributed by atoms with Crippen molar-refractivity contribution in [1.29, 1.82) is 0 Å². The van der Waals surface area contributed by atoms with E-state index in [4.69, 9.17) is 5.73 Å². The van der Waals surface area contributed by atoms with E-state index >= 15 is 0 Å². The Balaban J connectivity index is 2.64. The molecule has 0 heterocycles. The lowest BCUT2D eigenvalue weighted by Gasteiger charge is -2.23. The second kappa shape index (κ2) is 6.99. The predicted molar refractivity (Wildman–Crippen MR) is 78.5 cm³/mol. The van der Waals surface area contributed by atoms with Crippen molar-refractivity contribution in [2.45, 2.75) is 13.0 Å². The van der Waals surface area contributed by atoms with Gasteiger partial charge in [0.05, 0.1) is 0 Å². The molecule has 4 heteroatoms. The molecule has 0 saturated heterocycles. The van der Waals surface area contributed by atoms with Crippen LogP contribution in [-0.4, -0.2) is 39.1 Å². The number of rotatable bonds is 6. The van der Waals surface area contributed by atoms with Gasteiger partial charge < -0.3 is 15.5 Å². The van der Waals surface area contributed by atoms with Crippen LogP contribution in [0.15, 0.2) is 22.7 Å². The highest BCUT2D eigenvalue weighted by molar-refractivity contribution is 9.10. The molecule has 0 aromatic heterocycles. The molecular weight excluding hydrogens is 278 g/mol. The molecule has 0 saturated carbocycles. The highest BCUT2D eigenvalue weighted by Crippen LogP contribution is 2.23. The SMILES string of the molecule is CN(C)CCCN(C)c1ccc(Br)cc1CN. The van der Waals surface area contributed by atoms with Gasteiger partial charge in [0.25, 0.3) is 0 Å². The quantitative estimate of drug-likeness (QED) is 0.875. The van der Waals surface area contributed by atoms with E-state index in [1.807, 2.05) is 0 Å². The van der Waals surface area contributed by atoms with Gasteiger partial charge in [0.15, 0.2) is 0 Å². The molecule has 96 valence electrons. The van der Waals surface area contributed by atoms with Crippen LogP contribution in [0, 0.1) is 0 Å². The molecule has 0 radical (unpaired) electrons. The lowest BCUT2D eigenvalue weighted by molar-refractivity contribution is 0.401. The molecule has 0 aliphatic carbocycles. The molecule has 0 amide bonds. The molecule has 1 aromatic rings. The van der Waals surface area contributed by atoms with Crippen LogP contribution in [0.4, 0.5) is 5.69 Å². The molecule has 0 atom stereocenters. The molecule has 0 bridgehead atoms. The zero-order valence-corrected chi connectivity index (χ0v) is 12.5. The third-order valence-corrected chi connectivity index (χ3v) is 3.26. The molecule has 0 aliphatic rings. The first-order chi connectivity index (χ1) is 8.04. The second-order valence-corrected chi connectivity index (χ2v) is 5.47. The van der Waals surface area contributed by atoms with E-state index in [1.54, 1.807) is 0 Å². The molecule has 0 aliphatic heterocycles. The number of anilines is 1. The second-order valence-electron chi connectivity index (χ2n) is 4.56. The Bertz CT molecular complexity index is 353. The summed E-state index contributed by atoms with van der Waals surface area (Å²) in [6.07, 6.45) is 1.16. The van der Waals surface area contributed by atoms with E-state index < -0.39 is 0 Å². The Morgan fingerprint density at radius 3 is 2.47 bits per heavy atom. The van der Waals surface area contributed by atoms with Crippen LogP contribution in [0.1, 0.15) is 12.0 Å². The van der Waals surface area contributed by atoms with E-state index in [0.717, 1.165) is 24.0 Å². The van der Waals surface area contributed by atoms with Crippen molar-refractivity contribution < 1.29 is 0 Å². The molecule has 1 rings (SSSR count). The van der Waals surface area contributed by atoms with Gasteiger partial charge in [-0.2, -0.15) is 0 Å². The lowest BCUT2D eigenvalue weighted by Crippen LogP contribution is -2.24. The van der Waals surface area contributed by atoms with Gasteiger partial charge in [-0.05, 0) is 50.8 Å². The van der Waals surface area contributed by atoms with Crippen molar-refractivity contribution in [3.63, 3.8) is 0 Å². The number of nitrogens with two attached hydrogens (primary N) is 1. The van der Waals surface area contributed by atoms with Gasteiger partial charge in [0, 0.05) is 30.3 Å². The molecule has 17 heavy (non-hydrogen) atoms. The Morgan fingerprint density at radius 2 is 1.88 bits per heavy atom. The summed E-state index contributed by atoms with van der Waals surface area (Å²) in [5, 5.41) is 0. The molecule has 3 nitrogen and oxygen atoms in total. The zero-order valence-electron chi connectivity index (χ0n) is 10.9. The summed E-state index contributed by atoms with van der Waals surface area (Å²) in [5.41, 5.74) is 8.20. The average Bonchev–Trinajstić information content (AvgIpc) is 2.28. The largest absolute Gasteiger partial charge is 0.374 e. The summed E-state index contributed by atoms with van der Waals surface area (Å²) in [5.74, 6) is 0. The van der Waals surface area contributed by atoms with Crippen LogP contribution in [0.3, 0.4) is 0 Å². The topological polar surface area (TPSA) is 32.5 Å². The number of nitrogens with zero attached hydrogens (tertiary/aromatic N) is 2. The smallest absolute Gasteiger partial charge is 0.0409 e. The average molecular weight is 300 g/mol. The number of benzene rings is 1. The zero-order chi connectivity index (χ0) is 12.8. The molecule has 0 spiro atoms. The maximum Gasteiger partial charge on any atom is 0.0409 e. The Morgan fingerprint density at radius 1 is 1.18 bits per heavy atom. The van der Waals surface area contributed by atoms with Crippen LogP contribution in [0.2, 0.25) is 0 Å². The van der Waals surface area contributed by atoms with Crippen molar-refractivity contribution in [1.82, 2.24) is 4.90 Å². The summed E-state index contributed by atoms with van der Waals surface area (Å²) in [7, 11) is 6.33. The number of hydrogen-bond donors (Lipinski definition) is 1. The third-order valence-electron chi connectivity index (χ3n) is 2.77. The monoisotopic (exact) mass is 299 g/mol. The standard InChI is InChI=1S/C13H22BrN3/c1-16(2)7-4-8-17(3)13-6-5-12(14)9-11(13)10-15/h5-6,9H,4,7-8,10,15H2,1-3H3. The van der Waals surface area contributed by atoms with Crippen molar-refractivity contribution in [2.24, 2.45) is 5.73 Å². The van der Waals surface area contributed by atoms with Crippen molar-refractivity contribution >= 4 is 21.6 Å². The Kier molecular flexibility index (Phi) is 5.95. The lowest BCUT2D eigenvalue weighted by atomic mass is 10.1. The van der Waals surface area contributed by atoms with E-state index in [2.05, 4.69) is 65.1 Å². The number of hydrogen-bond acceptors (Lipinski definition) is 3. The highest BCUT2D eigenvalue weighted by Gasteiger charge is 2.06. The van der Waals surface area contributed by atoms with Gasteiger partial charge in [-0.25, -0.2) is 0 Å². The summed E-state index contributed by atoms with van der Waals surface area (Å²) in [4.78, 5) is 4.48. The minimum Gasteiger partial charge on any atom is -0.374 e. The number of halogens is 1. The fraction of sp³-hybridized carbons (Fsp3) is 0.538. The van der Waals surface area contributed by atoms with E-state index in [-0.39, 0.29) is 0 Å². The fourth-order valence-electron chi connectivity index (χ4n) is 1.83. The third kappa shape index (κ3) is 4.66. The summed E-state index contributed by atoms with van der Waals surface area (Å²) in [6.45, 7) is 2.73. The normalized spacial score (nSPS) is 10.9. The van der Waals surface area contributed by atoms with Crippen LogP contribution in [0.25, 0.3) is 0 Å². The van der Waals surface area contributed by atoms with E-state index in [9.17, 15) is 0 Å². The predicted octanol–water partition coefficient (Wildman–Crippen LogP) is 2.30. The van der Waals surface area contributed by atoms with Crippen LogP contribution < -0.4 is 10.6 Å². The molecule has 0 unspecified atom stereocenters. The summed E-state index contributed by atoms with van der Waals surface area (Å²) in [6, 6.07) is 6.29. The Labute approximate surface area is 113 Å². The van der Waals surface area contributed by atoms with E-state index in [0.29, 0.717) is 6.54 Å². The molecule has 0 fully saturated rings. The van der Waals surface area contributed by atoms with Crippen LogP contribution in [-0.2, 0) is 6.54 Å². The van der Waals surface area contributed by atoms with Crippen molar-refractivity contribution in [3.8, 4) is 0 Å². The maximum absolute atomic E-state index is 5.78. The minimum absolute atomic E-state index is 0.576. The van der Waals surface area contributed by atoms with E-state index in [1.165, 1.54) is 11.3 Å². The molecular formula is C13H22BrN3. The summed E-state index contributed by atoms with van der Waals surface area (Å²) >= 11 is 3.48. The van der Waals surface area contributed by atoms with Crippen molar-refractivity contribution in [2.75, 3.05) is 39.1 Å². The fourth-order valence-corrected chi connectivity index (χ4v) is 2.24. The molecule has 2 N–H and O–H groups in total. The van der Waals surface area contributed by atoms with Gasteiger partial charge >= 0.3 is 0 Å². The Hall–Kier alpha value is -0.580. The first-order valence-electron chi connectivity index (χ1n) is 5.89. The highest BCUT2D eigenvalue weighted by atomic mass is 79.9. The van der Waals surface area contributed by atoms with Gasteiger partial charge in [0.1, 0.15) is 0 Å². The maximum atomic E-state index is 5.78. The summed E-state index contributed by atoms with van der Waals surface area (Å²) < 4.78 is 1.09. The first-order valence-corrected chi connectivity index (χ1v) is 6.68. The van der Waals surface area contributed by atoms with Gasteiger partial charge in [-0.15, -0.1) is 0 Å². The molecule has 1 aromatic carbocycles. The van der Waals surface area contributed by atoms with Gasteiger partial charge in [0.2, 0.25) is 0 Å². The minimum atomic E-state index is 0.576. The first kappa shape index (κ1) is 14.5. The van der Waals surface area contributed by atoms with Gasteiger partial charge in [-0.3, -0.25) is 0 Å². The van der Waals surface area contributed by atoms with Crippen molar-refractivity contribution in [3.05, 3.63) is 28.2 Å². The van der Waals surface area contributed by atoms with Gasteiger partial charge in [-0.1, -0.05) is 15.9 Å². The van der Waals surface area contributed by atoms with Crippen LogP contribution >= 0.6 is 15.9 Å².